The van der Waals surface area contributed by atoms with E-state index < -0.39 is 5.91 Å². The Bertz CT molecular complexity index is 794. The zero-order valence-corrected chi connectivity index (χ0v) is 14.6. The van der Waals surface area contributed by atoms with E-state index in [1.54, 1.807) is 30.5 Å². The molecule has 2 aromatic rings. The third-order valence-electron chi connectivity index (χ3n) is 4.33. The van der Waals surface area contributed by atoms with Crippen molar-refractivity contribution < 1.29 is 14.3 Å². The average Bonchev–Trinajstić information content (AvgIpc) is 2.93. The first-order chi connectivity index (χ1) is 12.6. The number of carbonyl (C=O) groups is 2. The van der Waals surface area contributed by atoms with E-state index in [9.17, 15) is 9.59 Å². The van der Waals surface area contributed by atoms with Crippen molar-refractivity contribution in [2.75, 3.05) is 38.2 Å². The molecule has 0 unspecified atom stereocenters. The minimum atomic E-state index is -0.496. The zero-order chi connectivity index (χ0) is 18.5. The van der Waals surface area contributed by atoms with E-state index in [4.69, 9.17) is 10.5 Å². The number of aromatic nitrogens is 2. The van der Waals surface area contributed by atoms with Gasteiger partial charge in [0.15, 0.2) is 0 Å². The smallest absolute Gasteiger partial charge is 0.254 e. The summed E-state index contributed by atoms with van der Waals surface area (Å²) in [5.74, 6) is 0.662. The number of methoxy groups -OCH3 is 1. The van der Waals surface area contributed by atoms with Crippen molar-refractivity contribution >= 4 is 17.6 Å². The van der Waals surface area contributed by atoms with Gasteiger partial charge in [-0.3, -0.25) is 9.59 Å². The number of primary amides is 1. The molecule has 1 aliphatic rings. The molecule has 0 bridgehead atoms. The van der Waals surface area contributed by atoms with Gasteiger partial charge in [-0.15, -0.1) is 0 Å². The summed E-state index contributed by atoms with van der Waals surface area (Å²) < 4.78 is 5.09. The van der Waals surface area contributed by atoms with Gasteiger partial charge in [0.1, 0.15) is 5.82 Å². The van der Waals surface area contributed by atoms with Crippen LogP contribution in [0.25, 0.3) is 0 Å². The molecule has 8 heteroatoms. The molecule has 0 atom stereocenters. The summed E-state index contributed by atoms with van der Waals surface area (Å²) in [5.41, 5.74) is 6.19. The zero-order valence-electron chi connectivity index (χ0n) is 14.6. The maximum Gasteiger partial charge on any atom is 0.254 e. The summed E-state index contributed by atoms with van der Waals surface area (Å²) in [6, 6.07) is 6.79. The number of rotatable bonds is 4. The molecule has 0 aliphatic carbocycles. The van der Waals surface area contributed by atoms with Crippen LogP contribution in [-0.4, -0.2) is 60.0 Å². The number of pyridine rings is 2. The number of carbonyl (C=O) groups excluding carboxylic acids is 2. The largest absolute Gasteiger partial charge is 0.481 e. The van der Waals surface area contributed by atoms with Gasteiger partial charge in [0.05, 0.1) is 12.7 Å². The van der Waals surface area contributed by atoms with Gasteiger partial charge in [0.25, 0.3) is 5.91 Å². The number of anilines is 1. The maximum atomic E-state index is 12.7. The van der Waals surface area contributed by atoms with E-state index in [1.807, 2.05) is 4.90 Å². The fourth-order valence-corrected chi connectivity index (χ4v) is 2.91. The Morgan fingerprint density at radius 2 is 1.92 bits per heavy atom. The molecular weight excluding hydrogens is 334 g/mol. The lowest BCUT2D eigenvalue weighted by Crippen LogP contribution is -2.35. The number of ether oxygens (including phenoxy) is 1. The lowest BCUT2D eigenvalue weighted by molar-refractivity contribution is 0.0766. The van der Waals surface area contributed by atoms with Crippen LogP contribution in [0.5, 0.6) is 5.88 Å². The van der Waals surface area contributed by atoms with Gasteiger partial charge in [-0.05, 0) is 24.6 Å². The van der Waals surface area contributed by atoms with Crippen LogP contribution < -0.4 is 15.4 Å². The second-order valence-corrected chi connectivity index (χ2v) is 5.99. The van der Waals surface area contributed by atoms with Crippen LogP contribution in [0.4, 0.5) is 5.82 Å². The normalized spacial score (nSPS) is 14.7. The lowest BCUT2D eigenvalue weighted by Gasteiger charge is -2.23. The summed E-state index contributed by atoms with van der Waals surface area (Å²) in [7, 11) is 1.52. The number of hydrogen-bond donors (Lipinski definition) is 1. The molecule has 136 valence electrons. The van der Waals surface area contributed by atoms with Crippen LogP contribution >= 0.6 is 0 Å². The van der Waals surface area contributed by atoms with Crippen molar-refractivity contribution in [3.8, 4) is 5.88 Å². The molecule has 2 aromatic heterocycles. The summed E-state index contributed by atoms with van der Waals surface area (Å²) in [6.07, 6.45) is 3.88. The summed E-state index contributed by atoms with van der Waals surface area (Å²) >= 11 is 0. The van der Waals surface area contributed by atoms with Gasteiger partial charge in [-0.2, -0.15) is 0 Å². The maximum absolute atomic E-state index is 12.7. The van der Waals surface area contributed by atoms with Crippen molar-refractivity contribution in [1.82, 2.24) is 14.9 Å². The Labute approximate surface area is 151 Å². The lowest BCUT2D eigenvalue weighted by atomic mass is 10.2. The van der Waals surface area contributed by atoms with Crippen molar-refractivity contribution in [3.05, 3.63) is 47.8 Å². The second-order valence-electron chi connectivity index (χ2n) is 5.99. The van der Waals surface area contributed by atoms with Crippen LogP contribution in [0.15, 0.2) is 36.7 Å². The molecule has 0 saturated carbocycles. The van der Waals surface area contributed by atoms with Crippen molar-refractivity contribution in [2.45, 2.75) is 6.42 Å². The Morgan fingerprint density at radius 1 is 1.08 bits per heavy atom. The highest BCUT2D eigenvalue weighted by atomic mass is 16.5. The minimum absolute atomic E-state index is 0.0374. The quantitative estimate of drug-likeness (QED) is 0.876. The third kappa shape index (κ3) is 3.90. The first kappa shape index (κ1) is 17.7. The molecule has 0 aromatic carbocycles. The Hall–Kier alpha value is -3.16. The number of nitrogens with two attached hydrogens (primary N) is 1. The van der Waals surface area contributed by atoms with Crippen LogP contribution in [0, 0.1) is 0 Å². The molecule has 2 amide bonds. The number of nitrogens with zero attached hydrogens (tertiary/aromatic N) is 4. The van der Waals surface area contributed by atoms with Crippen molar-refractivity contribution in [2.24, 2.45) is 5.73 Å². The fourth-order valence-electron chi connectivity index (χ4n) is 2.91. The predicted octanol–water partition coefficient (Wildman–Crippen LogP) is 0.937. The van der Waals surface area contributed by atoms with Crippen LogP contribution in [0.2, 0.25) is 0 Å². The SMILES string of the molecule is COc1cc(C(=O)N2CCCN(c3ccc(C(N)=O)cn3)CC2)ccn1. The molecule has 2 N–H and O–H groups in total. The first-order valence-electron chi connectivity index (χ1n) is 8.38. The minimum Gasteiger partial charge on any atom is -0.481 e. The van der Waals surface area contributed by atoms with Crippen LogP contribution in [0.1, 0.15) is 27.1 Å². The van der Waals surface area contributed by atoms with Gasteiger partial charge >= 0.3 is 0 Å². The summed E-state index contributed by atoms with van der Waals surface area (Å²) in [4.78, 5) is 36.2. The van der Waals surface area contributed by atoms with Gasteiger partial charge in [0, 0.05) is 50.2 Å². The highest BCUT2D eigenvalue weighted by molar-refractivity contribution is 5.94. The van der Waals surface area contributed by atoms with Crippen molar-refractivity contribution in [1.29, 1.82) is 0 Å². The van der Waals surface area contributed by atoms with E-state index >= 15 is 0 Å². The summed E-state index contributed by atoms with van der Waals surface area (Å²) in [6.45, 7) is 2.70. The molecular formula is C18H21N5O3. The molecule has 0 spiro atoms. The number of hydrogen-bond acceptors (Lipinski definition) is 6. The number of amides is 2. The molecule has 8 nitrogen and oxygen atoms in total. The Balaban J connectivity index is 1.67. The molecule has 0 radical (unpaired) electrons. The average molecular weight is 355 g/mol. The highest BCUT2D eigenvalue weighted by Gasteiger charge is 2.21. The predicted molar refractivity (Wildman–Crippen MR) is 96.3 cm³/mol. The Morgan fingerprint density at radius 3 is 2.62 bits per heavy atom. The third-order valence-corrected chi connectivity index (χ3v) is 4.33. The van der Waals surface area contributed by atoms with E-state index in [0.29, 0.717) is 36.6 Å². The monoisotopic (exact) mass is 355 g/mol. The van der Waals surface area contributed by atoms with Crippen molar-refractivity contribution in [3.63, 3.8) is 0 Å². The van der Waals surface area contributed by atoms with Gasteiger partial charge in [-0.1, -0.05) is 0 Å². The first-order valence-corrected chi connectivity index (χ1v) is 8.38. The topological polar surface area (TPSA) is 102 Å². The van der Waals surface area contributed by atoms with Gasteiger partial charge in [-0.25, -0.2) is 9.97 Å². The highest BCUT2D eigenvalue weighted by Crippen LogP contribution is 2.17. The van der Waals surface area contributed by atoms with Crippen LogP contribution in [0.3, 0.4) is 0 Å². The van der Waals surface area contributed by atoms with E-state index in [-0.39, 0.29) is 5.91 Å². The van der Waals surface area contributed by atoms with E-state index in [1.165, 1.54) is 13.3 Å². The fraction of sp³-hybridized carbons (Fsp3) is 0.333. The molecule has 3 rings (SSSR count). The molecule has 1 fully saturated rings. The Kier molecular flexibility index (Phi) is 5.31. The van der Waals surface area contributed by atoms with E-state index in [2.05, 4.69) is 14.9 Å². The molecule has 26 heavy (non-hydrogen) atoms. The summed E-state index contributed by atoms with van der Waals surface area (Å²) in [5, 5.41) is 0. The molecule has 1 saturated heterocycles. The van der Waals surface area contributed by atoms with Gasteiger partial charge < -0.3 is 20.3 Å². The van der Waals surface area contributed by atoms with Gasteiger partial charge in [0.2, 0.25) is 11.8 Å². The standard InChI is InChI=1S/C18H21N5O3/c1-26-16-11-13(5-6-20-16)18(25)23-8-2-7-22(9-10-23)15-4-3-14(12-21-15)17(19)24/h3-6,11-12H,2,7-10H2,1H3,(H2,19,24). The van der Waals surface area contributed by atoms with Crippen LogP contribution in [-0.2, 0) is 0 Å². The second kappa shape index (κ2) is 7.81. The molecule has 3 heterocycles. The molecule has 1 aliphatic heterocycles. The van der Waals surface area contributed by atoms with E-state index in [0.717, 1.165) is 18.8 Å².